The SMILES string of the molecule is Cn1c(C(=O)N2C[C@H]3[C@@H](CO)[C@@H]4CC[C@@]3(C2)O4)cc(=O)n(C)c1=O. The van der Waals surface area contributed by atoms with E-state index in [2.05, 4.69) is 0 Å². The molecule has 1 amide bonds. The van der Waals surface area contributed by atoms with Crippen LogP contribution in [-0.4, -0.2) is 56.4 Å². The van der Waals surface area contributed by atoms with Crippen molar-refractivity contribution < 1.29 is 14.6 Å². The molecule has 3 aliphatic heterocycles. The fourth-order valence-electron chi connectivity index (χ4n) is 4.69. The molecule has 3 aliphatic rings. The van der Waals surface area contributed by atoms with Crippen molar-refractivity contribution >= 4 is 5.91 Å². The van der Waals surface area contributed by atoms with Crippen molar-refractivity contribution in [2.75, 3.05) is 19.7 Å². The molecule has 2 bridgehead atoms. The second-order valence-corrected chi connectivity index (χ2v) is 7.17. The minimum absolute atomic E-state index is 0.0590. The maximum atomic E-state index is 12.9. The smallest absolute Gasteiger partial charge is 0.331 e. The van der Waals surface area contributed by atoms with E-state index >= 15 is 0 Å². The summed E-state index contributed by atoms with van der Waals surface area (Å²) in [5, 5.41) is 9.65. The first-order valence-electron chi connectivity index (χ1n) is 8.23. The van der Waals surface area contributed by atoms with E-state index in [4.69, 9.17) is 4.74 Å². The number of hydrogen-bond acceptors (Lipinski definition) is 5. The van der Waals surface area contributed by atoms with Gasteiger partial charge in [0, 0.05) is 45.1 Å². The number of nitrogens with zero attached hydrogens (tertiary/aromatic N) is 3. The van der Waals surface area contributed by atoms with Gasteiger partial charge in [-0.25, -0.2) is 4.79 Å². The molecular formula is C16H21N3O5. The Bertz CT molecular complexity index is 828. The first kappa shape index (κ1) is 15.6. The third-order valence-corrected chi connectivity index (χ3v) is 6.03. The average Bonchev–Trinajstić information content (AvgIpc) is 3.22. The Balaban J connectivity index is 1.66. The Hall–Kier alpha value is -1.93. The van der Waals surface area contributed by atoms with Crippen LogP contribution in [0.25, 0.3) is 0 Å². The van der Waals surface area contributed by atoms with Gasteiger partial charge in [-0.05, 0) is 12.8 Å². The lowest BCUT2D eigenvalue weighted by Crippen LogP contribution is -2.43. The zero-order valence-corrected chi connectivity index (χ0v) is 13.8. The van der Waals surface area contributed by atoms with Crippen LogP contribution in [0.1, 0.15) is 23.3 Å². The number of aromatic nitrogens is 2. The van der Waals surface area contributed by atoms with E-state index in [9.17, 15) is 19.5 Å². The molecule has 0 radical (unpaired) electrons. The Labute approximate surface area is 138 Å². The second kappa shape index (κ2) is 5.03. The number of rotatable bonds is 2. The minimum atomic E-state index is -0.520. The first-order chi connectivity index (χ1) is 11.4. The lowest BCUT2D eigenvalue weighted by Gasteiger charge is -2.27. The highest BCUT2D eigenvalue weighted by molar-refractivity contribution is 5.92. The topological polar surface area (TPSA) is 93.8 Å². The van der Waals surface area contributed by atoms with E-state index in [1.165, 1.54) is 24.7 Å². The summed E-state index contributed by atoms with van der Waals surface area (Å²) in [6, 6.07) is 1.21. The zero-order valence-electron chi connectivity index (χ0n) is 13.8. The fourth-order valence-corrected chi connectivity index (χ4v) is 4.69. The molecule has 8 heteroatoms. The van der Waals surface area contributed by atoms with Crippen LogP contribution in [0, 0.1) is 11.8 Å². The van der Waals surface area contributed by atoms with Crippen molar-refractivity contribution in [2.24, 2.45) is 25.9 Å². The van der Waals surface area contributed by atoms with Crippen molar-refractivity contribution in [1.29, 1.82) is 0 Å². The maximum absolute atomic E-state index is 12.9. The van der Waals surface area contributed by atoms with Crippen molar-refractivity contribution in [1.82, 2.24) is 14.0 Å². The van der Waals surface area contributed by atoms with Crippen LogP contribution >= 0.6 is 0 Å². The molecule has 1 N–H and O–H groups in total. The van der Waals surface area contributed by atoms with Gasteiger partial charge >= 0.3 is 5.69 Å². The lowest BCUT2D eigenvalue weighted by atomic mass is 9.74. The number of carbonyl (C=O) groups is 1. The molecule has 1 aromatic heterocycles. The normalized spacial score (nSPS) is 34.0. The number of fused-ring (bicyclic) bond motifs is 1. The molecule has 8 nitrogen and oxygen atoms in total. The molecule has 3 saturated heterocycles. The molecule has 4 rings (SSSR count). The molecule has 0 saturated carbocycles. The van der Waals surface area contributed by atoms with Gasteiger partial charge in [0.15, 0.2) is 0 Å². The Morgan fingerprint density at radius 2 is 2.12 bits per heavy atom. The van der Waals surface area contributed by atoms with E-state index in [1.807, 2.05) is 0 Å². The highest BCUT2D eigenvalue weighted by Gasteiger charge is 2.63. The second-order valence-electron chi connectivity index (χ2n) is 7.17. The van der Waals surface area contributed by atoms with Gasteiger partial charge in [-0.2, -0.15) is 0 Å². The number of amides is 1. The van der Waals surface area contributed by atoms with Gasteiger partial charge in [0.05, 0.1) is 18.2 Å². The van der Waals surface area contributed by atoms with Crippen LogP contribution in [0.5, 0.6) is 0 Å². The number of carbonyl (C=O) groups excluding carboxylic acids is 1. The van der Waals surface area contributed by atoms with Gasteiger partial charge in [-0.1, -0.05) is 0 Å². The Kier molecular flexibility index (Phi) is 3.27. The standard InChI is InChI=1S/C16H21N3O5/c1-17-11(5-13(21)18(2)15(17)23)14(22)19-6-10-9(7-20)12-3-4-16(10,8-19)24-12/h5,9-10,12,20H,3-4,6-8H2,1-2H3/t9-,10+,12+,16+/m1/s1. The summed E-state index contributed by atoms with van der Waals surface area (Å²) in [5.41, 5.74) is -1.29. The fraction of sp³-hybridized carbons (Fsp3) is 0.688. The van der Waals surface area contributed by atoms with Gasteiger partial charge in [-0.3, -0.25) is 18.7 Å². The predicted octanol–water partition coefficient (Wildman–Crippen LogP) is -1.30. The highest BCUT2D eigenvalue weighted by atomic mass is 16.5. The molecule has 24 heavy (non-hydrogen) atoms. The Morgan fingerprint density at radius 1 is 1.38 bits per heavy atom. The summed E-state index contributed by atoms with van der Waals surface area (Å²) in [5.74, 6) is -0.155. The van der Waals surface area contributed by atoms with E-state index in [0.717, 1.165) is 17.4 Å². The van der Waals surface area contributed by atoms with Crippen LogP contribution in [0.3, 0.4) is 0 Å². The quantitative estimate of drug-likeness (QED) is 0.725. The third-order valence-electron chi connectivity index (χ3n) is 6.03. The molecule has 1 aromatic rings. The average molecular weight is 335 g/mol. The van der Waals surface area contributed by atoms with Gasteiger partial charge in [0.1, 0.15) is 5.69 Å². The summed E-state index contributed by atoms with van der Waals surface area (Å²) in [7, 11) is 2.87. The highest BCUT2D eigenvalue weighted by Crippen LogP contribution is 2.54. The van der Waals surface area contributed by atoms with Crippen LogP contribution in [0.15, 0.2) is 15.7 Å². The molecular weight excluding hydrogens is 314 g/mol. The molecule has 0 aliphatic carbocycles. The summed E-state index contributed by atoms with van der Waals surface area (Å²) in [6.45, 7) is 1.00. The van der Waals surface area contributed by atoms with E-state index < -0.39 is 11.2 Å². The summed E-state index contributed by atoms with van der Waals surface area (Å²) in [6.07, 6.45) is 1.89. The Morgan fingerprint density at radius 3 is 2.83 bits per heavy atom. The van der Waals surface area contributed by atoms with Crippen molar-refractivity contribution in [2.45, 2.75) is 24.5 Å². The summed E-state index contributed by atoms with van der Waals surface area (Å²) >= 11 is 0. The van der Waals surface area contributed by atoms with Crippen molar-refractivity contribution in [3.8, 4) is 0 Å². The van der Waals surface area contributed by atoms with Gasteiger partial charge in [-0.15, -0.1) is 0 Å². The van der Waals surface area contributed by atoms with Crippen LogP contribution in [0.2, 0.25) is 0 Å². The molecule has 130 valence electrons. The van der Waals surface area contributed by atoms with Crippen molar-refractivity contribution in [3.63, 3.8) is 0 Å². The maximum Gasteiger partial charge on any atom is 0.331 e. The summed E-state index contributed by atoms with van der Waals surface area (Å²) in [4.78, 5) is 38.5. The number of ether oxygens (including phenoxy) is 1. The predicted molar refractivity (Wildman–Crippen MR) is 83.7 cm³/mol. The largest absolute Gasteiger partial charge is 0.396 e. The van der Waals surface area contributed by atoms with Gasteiger partial charge in [0.2, 0.25) is 0 Å². The lowest BCUT2D eigenvalue weighted by molar-refractivity contribution is 0.00142. The number of aliphatic hydroxyl groups excluding tert-OH is 1. The van der Waals surface area contributed by atoms with E-state index in [-0.39, 0.29) is 41.7 Å². The zero-order chi connectivity index (χ0) is 17.2. The molecule has 4 atom stereocenters. The van der Waals surface area contributed by atoms with Gasteiger partial charge in [0.25, 0.3) is 11.5 Å². The minimum Gasteiger partial charge on any atom is -0.396 e. The van der Waals surface area contributed by atoms with Crippen LogP contribution in [0.4, 0.5) is 0 Å². The molecule has 3 fully saturated rings. The number of aliphatic hydroxyl groups is 1. The van der Waals surface area contributed by atoms with Crippen LogP contribution in [-0.2, 0) is 18.8 Å². The van der Waals surface area contributed by atoms with E-state index in [1.54, 1.807) is 4.90 Å². The monoisotopic (exact) mass is 335 g/mol. The molecule has 0 unspecified atom stereocenters. The van der Waals surface area contributed by atoms with Crippen molar-refractivity contribution in [3.05, 3.63) is 32.6 Å². The number of likely N-dealkylation sites (tertiary alicyclic amines) is 1. The van der Waals surface area contributed by atoms with E-state index in [0.29, 0.717) is 13.1 Å². The van der Waals surface area contributed by atoms with Gasteiger partial charge < -0.3 is 14.7 Å². The van der Waals surface area contributed by atoms with Crippen LogP contribution < -0.4 is 11.2 Å². The first-order valence-corrected chi connectivity index (χ1v) is 8.23. The summed E-state index contributed by atoms with van der Waals surface area (Å²) < 4.78 is 8.29. The molecule has 0 aromatic carbocycles. The molecule has 4 heterocycles. The number of hydrogen-bond donors (Lipinski definition) is 1. The molecule has 1 spiro atoms. The third kappa shape index (κ3) is 1.89.